The average Bonchev–Trinajstić information content (AvgIpc) is 3.46. The summed E-state index contributed by atoms with van der Waals surface area (Å²) in [6.07, 6.45) is -1.19. The van der Waals surface area contributed by atoms with Crippen molar-refractivity contribution in [1.82, 2.24) is 15.3 Å². The van der Waals surface area contributed by atoms with E-state index in [1.807, 2.05) is 4.90 Å². The molecule has 1 aromatic heterocycles. The Balaban J connectivity index is 1.66. The highest BCUT2D eigenvalue weighted by Gasteiger charge is 2.50. The third-order valence-corrected chi connectivity index (χ3v) is 6.46. The van der Waals surface area contributed by atoms with Crippen molar-refractivity contribution in [3.63, 3.8) is 0 Å². The molecule has 1 aliphatic heterocycles. The van der Waals surface area contributed by atoms with Gasteiger partial charge in [0.25, 0.3) is 0 Å². The number of carbonyl (C=O) groups excluding carboxylic acids is 1. The highest BCUT2D eigenvalue weighted by Crippen LogP contribution is 2.45. The van der Waals surface area contributed by atoms with Crippen LogP contribution in [0.3, 0.4) is 0 Å². The molecule has 1 atom stereocenters. The number of hydrogen-bond acceptors (Lipinski definition) is 6. The molecule has 2 aliphatic rings. The van der Waals surface area contributed by atoms with Crippen molar-refractivity contribution in [2.45, 2.75) is 32.0 Å². The van der Waals surface area contributed by atoms with Crippen molar-refractivity contribution in [1.29, 1.82) is 5.26 Å². The maximum atomic E-state index is 13.3. The Kier molecular flexibility index (Phi) is 6.20. The molecule has 4 rings (SSSR count). The number of nitrogens with two attached hydrogens (primary N) is 1. The summed E-state index contributed by atoms with van der Waals surface area (Å²) >= 11 is 5.74. The summed E-state index contributed by atoms with van der Waals surface area (Å²) < 4.78 is 39.9. The van der Waals surface area contributed by atoms with Gasteiger partial charge in [0.05, 0.1) is 16.7 Å². The molecule has 2 heterocycles. The molecular formula is C22H22ClF3N6O. The Morgan fingerprint density at radius 3 is 2.76 bits per heavy atom. The van der Waals surface area contributed by atoms with Crippen LogP contribution in [-0.2, 0) is 17.5 Å². The van der Waals surface area contributed by atoms with Gasteiger partial charge in [-0.25, -0.2) is 9.97 Å². The predicted octanol–water partition coefficient (Wildman–Crippen LogP) is 3.52. The molecule has 3 N–H and O–H groups in total. The predicted molar refractivity (Wildman–Crippen MR) is 116 cm³/mol. The zero-order valence-corrected chi connectivity index (χ0v) is 18.4. The first-order valence-corrected chi connectivity index (χ1v) is 10.9. The SMILES string of the molecule is N#CC1(C(=O)NCc2cnc(-c3ccc(Cl)c(C(F)(F)F)c3)nc2N2CCC(CN)C2)CC1. The number of hydrogen-bond donors (Lipinski definition) is 2. The molecule has 0 spiro atoms. The summed E-state index contributed by atoms with van der Waals surface area (Å²) in [6, 6.07) is 5.60. The van der Waals surface area contributed by atoms with Crippen molar-refractivity contribution in [3.8, 4) is 17.5 Å². The van der Waals surface area contributed by atoms with Crippen LogP contribution in [0.4, 0.5) is 19.0 Å². The number of amides is 1. The minimum absolute atomic E-state index is 0.107. The smallest absolute Gasteiger partial charge is 0.356 e. The number of nitrogens with one attached hydrogen (secondary N) is 1. The van der Waals surface area contributed by atoms with Crippen LogP contribution in [0.25, 0.3) is 11.4 Å². The van der Waals surface area contributed by atoms with Gasteiger partial charge in [0, 0.05) is 37.0 Å². The van der Waals surface area contributed by atoms with E-state index < -0.39 is 22.2 Å². The fourth-order valence-electron chi connectivity index (χ4n) is 3.89. The van der Waals surface area contributed by atoms with Crippen molar-refractivity contribution >= 4 is 23.3 Å². The van der Waals surface area contributed by atoms with E-state index in [0.29, 0.717) is 43.9 Å². The standard InChI is InChI=1S/C22H22ClF3N6O/c23-17-2-1-14(7-16(17)22(24,25)26)18-29-9-15(10-30-20(33)21(12-28)4-5-21)19(31-18)32-6-3-13(8-27)11-32/h1-2,7,9,13H,3-6,8,10-11,27H2,(H,30,33). The lowest BCUT2D eigenvalue weighted by molar-refractivity contribution is -0.137. The monoisotopic (exact) mass is 478 g/mol. The van der Waals surface area contributed by atoms with Crippen LogP contribution in [0.1, 0.15) is 30.4 Å². The van der Waals surface area contributed by atoms with Crippen LogP contribution in [0.2, 0.25) is 5.02 Å². The Bertz CT molecular complexity index is 1110. The number of alkyl halides is 3. The quantitative estimate of drug-likeness (QED) is 0.657. The van der Waals surface area contributed by atoms with E-state index in [1.165, 1.54) is 18.3 Å². The minimum Gasteiger partial charge on any atom is -0.356 e. The number of aromatic nitrogens is 2. The van der Waals surface area contributed by atoms with Gasteiger partial charge in [0.1, 0.15) is 11.2 Å². The first-order chi connectivity index (χ1) is 15.7. The zero-order chi connectivity index (χ0) is 23.8. The molecule has 1 unspecified atom stereocenters. The molecule has 1 saturated carbocycles. The largest absolute Gasteiger partial charge is 0.417 e. The Hall–Kier alpha value is -2.90. The summed E-state index contributed by atoms with van der Waals surface area (Å²) in [5.41, 5.74) is 4.68. The van der Waals surface area contributed by atoms with Crippen LogP contribution in [0, 0.1) is 22.7 Å². The van der Waals surface area contributed by atoms with E-state index in [9.17, 15) is 23.2 Å². The summed E-state index contributed by atoms with van der Waals surface area (Å²) in [7, 11) is 0. The second-order valence-electron chi connectivity index (χ2n) is 8.45. The summed E-state index contributed by atoms with van der Waals surface area (Å²) in [5, 5.41) is 11.6. The molecule has 1 aliphatic carbocycles. The molecule has 1 saturated heterocycles. The van der Waals surface area contributed by atoms with Gasteiger partial charge in [-0.05, 0) is 49.9 Å². The van der Waals surface area contributed by atoms with Gasteiger partial charge < -0.3 is 16.0 Å². The molecule has 1 aromatic carbocycles. The Labute approximate surface area is 193 Å². The van der Waals surface area contributed by atoms with Gasteiger partial charge in [-0.15, -0.1) is 0 Å². The number of nitrogens with zero attached hydrogens (tertiary/aromatic N) is 4. The lowest BCUT2D eigenvalue weighted by atomic mass is 10.1. The molecule has 0 radical (unpaired) electrons. The van der Waals surface area contributed by atoms with Crippen LogP contribution < -0.4 is 16.0 Å². The molecule has 2 fully saturated rings. The van der Waals surface area contributed by atoms with Crippen molar-refractivity contribution < 1.29 is 18.0 Å². The lowest BCUT2D eigenvalue weighted by Crippen LogP contribution is -2.32. The Morgan fingerprint density at radius 1 is 1.39 bits per heavy atom. The highest BCUT2D eigenvalue weighted by atomic mass is 35.5. The van der Waals surface area contributed by atoms with Gasteiger partial charge in [-0.1, -0.05) is 11.6 Å². The van der Waals surface area contributed by atoms with Gasteiger partial charge in [0.2, 0.25) is 5.91 Å². The van der Waals surface area contributed by atoms with Crippen LogP contribution in [0.15, 0.2) is 24.4 Å². The lowest BCUT2D eigenvalue weighted by Gasteiger charge is -2.22. The molecule has 2 aromatic rings. The van der Waals surface area contributed by atoms with E-state index in [1.54, 1.807) is 0 Å². The third kappa shape index (κ3) is 4.75. The Morgan fingerprint density at radius 2 is 2.15 bits per heavy atom. The first-order valence-electron chi connectivity index (χ1n) is 10.5. The highest BCUT2D eigenvalue weighted by molar-refractivity contribution is 6.31. The molecule has 7 nitrogen and oxygen atoms in total. The topological polar surface area (TPSA) is 108 Å². The van der Waals surface area contributed by atoms with Gasteiger partial charge in [0.15, 0.2) is 5.82 Å². The molecular weight excluding hydrogens is 457 g/mol. The number of carbonyl (C=O) groups is 1. The first kappa shape index (κ1) is 23.3. The molecule has 11 heteroatoms. The van der Waals surface area contributed by atoms with Crippen molar-refractivity contribution in [2.24, 2.45) is 17.1 Å². The fraction of sp³-hybridized carbons (Fsp3) is 0.455. The average molecular weight is 479 g/mol. The van der Waals surface area contributed by atoms with Gasteiger partial charge >= 0.3 is 6.18 Å². The molecule has 1 amide bonds. The second kappa shape index (κ2) is 8.80. The normalized spacial score (nSPS) is 19.3. The van der Waals surface area contributed by atoms with Crippen molar-refractivity contribution in [2.75, 3.05) is 24.5 Å². The fourth-order valence-corrected chi connectivity index (χ4v) is 4.12. The van der Waals surface area contributed by atoms with E-state index >= 15 is 0 Å². The van der Waals surface area contributed by atoms with E-state index in [0.717, 1.165) is 12.5 Å². The molecule has 174 valence electrons. The minimum atomic E-state index is -4.61. The molecule has 33 heavy (non-hydrogen) atoms. The third-order valence-electron chi connectivity index (χ3n) is 6.13. The number of nitriles is 1. The van der Waals surface area contributed by atoms with Crippen LogP contribution in [0.5, 0.6) is 0 Å². The van der Waals surface area contributed by atoms with E-state index in [-0.39, 0.29) is 29.8 Å². The number of rotatable bonds is 6. The summed E-state index contributed by atoms with van der Waals surface area (Å²) in [5.74, 6) is 0.580. The molecule has 0 bridgehead atoms. The summed E-state index contributed by atoms with van der Waals surface area (Å²) in [4.78, 5) is 23.2. The maximum absolute atomic E-state index is 13.3. The second-order valence-corrected chi connectivity index (χ2v) is 8.86. The number of halogens is 4. The van der Waals surface area contributed by atoms with Gasteiger partial charge in [-0.3, -0.25) is 4.79 Å². The number of benzene rings is 1. The van der Waals surface area contributed by atoms with E-state index in [2.05, 4.69) is 21.4 Å². The van der Waals surface area contributed by atoms with Gasteiger partial charge in [-0.2, -0.15) is 18.4 Å². The van der Waals surface area contributed by atoms with Crippen LogP contribution >= 0.6 is 11.6 Å². The maximum Gasteiger partial charge on any atom is 0.417 e. The summed E-state index contributed by atoms with van der Waals surface area (Å²) in [6.45, 7) is 1.94. The number of anilines is 1. The van der Waals surface area contributed by atoms with E-state index in [4.69, 9.17) is 17.3 Å². The van der Waals surface area contributed by atoms with Crippen LogP contribution in [-0.4, -0.2) is 35.5 Å². The van der Waals surface area contributed by atoms with Crippen molar-refractivity contribution in [3.05, 3.63) is 40.5 Å². The zero-order valence-electron chi connectivity index (χ0n) is 17.6.